The van der Waals surface area contributed by atoms with E-state index >= 15 is 0 Å². The Morgan fingerprint density at radius 1 is 0.852 bits per heavy atom. The lowest BCUT2D eigenvalue weighted by atomic mass is 10.0. The molecule has 27 heavy (non-hydrogen) atoms. The van der Waals surface area contributed by atoms with E-state index in [1.54, 1.807) is 7.05 Å². The molecule has 0 aliphatic carbocycles. The Bertz CT molecular complexity index is 491. The van der Waals surface area contributed by atoms with Gasteiger partial charge < -0.3 is 16.0 Å². The number of amides is 2. The molecule has 156 valence electrons. The second-order valence-corrected chi connectivity index (χ2v) is 4.73. The number of hydrogen-bond donors (Lipinski definition) is 3. The van der Waals surface area contributed by atoms with Gasteiger partial charge in [0.05, 0.1) is 19.1 Å². The normalized spacial score (nSPS) is 9.63. The fourth-order valence-corrected chi connectivity index (χ4v) is 1.79. The van der Waals surface area contributed by atoms with Gasteiger partial charge in [0.2, 0.25) is 11.8 Å². The largest absolute Gasteiger partial charge is 0.346 e. The summed E-state index contributed by atoms with van der Waals surface area (Å²) in [6, 6.07) is 8.87. The number of ketones is 1. The number of carbonyl (C=O) groups excluding carboxylic acids is 3. The maximum absolute atomic E-state index is 11.8. The molecule has 0 saturated heterocycles. The van der Waals surface area contributed by atoms with E-state index in [0.29, 0.717) is 6.42 Å². The van der Waals surface area contributed by atoms with Crippen molar-refractivity contribution in [1.82, 2.24) is 16.0 Å². The van der Waals surface area contributed by atoms with Crippen LogP contribution in [0, 0.1) is 0 Å². The Kier molecular flexibility index (Phi) is 23.9. The van der Waals surface area contributed by atoms with Gasteiger partial charge in [-0.1, -0.05) is 71.9 Å². The molecule has 0 spiro atoms. The number of rotatable bonds is 8. The third kappa shape index (κ3) is 17.0. The molecule has 0 heterocycles. The summed E-state index contributed by atoms with van der Waals surface area (Å²) < 4.78 is 0. The summed E-state index contributed by atoms with van der Waals surface area (Å²) in [6.07, 6.45) is 0.437. The lowest BCUT2D eigenvalue weighted by Crippen LogP contribution is -2.46. The van der Waals surface area contributed by atoms with E-state index < -0.39 is 6.04 Å². The van der Waals surface area contributed by atoms with Crippen molar-refractivity contribution in [2.75, 3.05) is 20.1 Å². The summed E-state index contributed by atoms with van der Waals surface area (Å²) in [5.74, 6) is -0.764. The van der Waals surface area contributed by atoms with Gasteiger partial charge in [0.1, 0.15) is 0 Å². The van der Waals surface area contributed by atoms with Crippen molar-refractivity contribution in [3.05, 3.63) is 35.9 Å². The summed E-state index contributed by atoms with van der Waals surface area (Å²) >= 11 is 0. The van der Waals surface area contributed by atoms with E-state index in [1.807, 2.05) is 71.9 Å². The summed E-state index contributed by atoms with van der Waals surface area (Å²) in [5, 5.41) is 7.79. The van der Waals surface area contributed by atoms with Gasteiger partial charge in [-0.05, 0) is 26.0 Å². The first kappa shape index (κ1) is 29.5. The number of Topliss-reactive ketones (excluding diaryl/α,β-unsaturated/α-hetero) is 1. The molecule has 0 aromatic heterocycles. The zero-order chi connectivity index (χ0) is 21.7. The first-order chi connectivity index (χ1) is 13.0. The minimum atomic E-state index is -0.582. The number of hydrogen-bond acceptors (Lipinski definition) is 4. The second-order valence-electron chi connectivity index (χ2n) is 4.73. The Labute approximate surface area is 165 Å². The number of likely N-dealkylation sites (N-methyl/N-ethyl adjacent to an activating group) is 1. The summed E-state index contributed by atoms with van der Waals surface area (Å²) in [6.45, 7) is 13.4. The Morgan fingerprint density at radius 2 is 1.37 bits per heavy atom. The maximum atomic E-state index is 11.8. The predicted octanol–water partition coefficient (Wildman–Crippen LogP) is 2.72. The summed E-state index contributed by atoms with van der Waals surface area (Å²) in [5.41, 5.74) is 0.970. The van der Waals surface area contributed by atoms with Gasteiger partial charge >= 0.3 is 0 Å². The van der Waals surface area contributed by atoms with Crippen LogP contribution in [0.3, 0.4) is 0 Å². The second kappa shape index (κ2) is 21.8. The molecule has 0 radical (unpaired) electrons. The molecule has 3 N–H and O–H groups in total. The molecular formula is C21H39N3O3. The van der Waals surface area contributed by atoms with E-state index in [4.69, 9.17) is 0 Å². The standard InChI is InChI=1S/C15H21N3O3.3C2H6/c1-11(19)13(8-12-6-4-3-5-7-12)18-15(21)10-17-14(20)9-16-2;3*1-2/h3-7,13,16H,8-10H2,1-2H3,(H,17,20)(H,18,21);3*1-2H3. The van der Waals surface area contributed by atoms with E-state index in [0.717, 1.165) is 5.56 Å². The molecule has 0 fully saturated rings. The topological polar surface area (TPSA) is 87.3 Å². The molecule has 1 atom stereocenters. The van der Waals surface area contributed by atoms with Crippen molar-refractivity contribution in [2.24, 2.45) is 0 Å². The van der Waals surface area contributed by atoms with Crippen LogP contribution in [-0.4, -0.2) is 43.8 Å². The van der Waals surface area contributed by atoms with E-state index in [2.05, 4.69) is 16.0 Å². The monoisotopic (exact) mass is 381 g/mol. The van der Waals surface area contributed by atoms with Crippen LogP contribution in [0.25, 0.3) is 0 Å². The fraction of sp³-hybridized carbons (Fsp3) is 0.571. The van der Waals surface area contributed by atoms with Gasteiger partial charge in [0.15, 0.2) is 5.78 Å². The Hall–Kier alpha value is -2.21. The van der Waals surface area contributed by atoms with Gasteiger partial charge in [-0.3, -0.25) is 14.4 Å². The minimum Gasteiger partial charge on any atom is -0.346 e. The SMILES string of the molecule is CC.CC.CC.CNCC(=O)NCC(=O)NC(Cc1ccccc1)C(C)=O. The van der Waals surface area contributed by atoms with Crippen LogP contribution in [0.15, 0.2) is 30.3 Å². The molecule has 6 heteroatoms. The van der Waals surface area contributed by atoms with Gasteiger partial charge in [-0.15, -0.1) is 0 Å². The number of carbonyl (C=O) groups is 3. The highest BCUT2D eigenvalue weighted by molar-refractivity contribution is 5.90. The number of benzene rings is 1. The van der Waals surface area contributed by atoms with Crippen molar-refractivity contribution in [3.63, 3.8) is 0 Å². The Morgan fingerprint density at radius 3 is 1.81 bits per heavy atom. The molecule has 0 aliphatic heterocycles. The molecule has 0 bridgehead atoms. The lowest BCUT2D eigenvalue weighted by molar-refractivity contribution is -0.128. The van der Waals surface area contributed by atoms with Crippen molar-refractivity contribution < 1.29 is 14.4 Å². The van der Waals surface area contributed by atoms with E-state index in [1.165, 1.54) is 6.92 Å². The first-order valence-corrected chi connectivity index (χ1v) is 9.78. The van der Waals surface area contributed by atoms with Gasteiger partial charge in [-0.25, -0.2) is 0 Å². The van der Waals surface area contributed by atoms with Crippen LogP contribution in [0.4, 0.5) is 0 Å². The Balaban J connectivity index is -0.000000869. The van der Waals surface area contributed by atoms with Gasteiger partial charge in [0, 0.05) is 0 Å². The number of nitrogens with one attached hydrogen (secondary N) is 3. The third-order valence-corrected chi connectivity index (χ3v) is 2.89. The zero-order valence-electron chi connectivity index (χ0n) is 18.3. The molecule has 1 aromatic carbocycles. The predicted molar refractivity (Wildman–Crippen MR) is 114 cm³/mol. The van der Waals surface area contributed by atoms with Gasteiger partial charge in [0.25, 0.3) is 0 Å². The smallest absolute Gasteiger partial charge is 0.239 e. The third-order valence-electron chi connectivity index (χ3n) is 2.89. The van der Waals surface area contributed by atoms with E-state index in [9.17, 15) is 14.4 Å². The van der Waals surface area contributed by atoms with Gasteiger partial charge in [-0.2, -0.15) is 0 Å². The first-order valence-electron chi connectivity index (χ1n) is 9.78. The molecule has 1 unspecified atom stereocenters. The van der Waals surface area contributed by atoms with Crippen LogP contribution in [0.1, 0.15) is 54.0 Å². The highest BCUT2D eigenvalue weighted by Crippen LogP contribution is 2.03. The van der Waals surface area contributed by atoms with Crippen LogP contribution < -0.4 is 16.0 Å². The van der Waals surface area contributed by atoms with Crippen LogP contribution in [-0.2, 0) is 20.8 Å². The summed E-state index contributed by atoms with van der Waals surface area (Å²) in [7, 11) is 1.64. The highest BCUT2D eigenvalue weighted by Gasteiger charge is 2.17. The molecule has 6 nitrogen and oxygen atoms in total. The lowest BCUT2D eigenvalue weighted by Gasteiger charge is -2.16. The van der Waals surface area contributed by atoms with Crippen LogP contribution >= 0.6 is 0 Å². The van der Waals surface area contributed by atoms with Crippen molar-refractivity contribution in [2.45, 2.75) is 60.9 Å². The molecule has 2 amide bonds. The quantitative estimate of drug-likeness (QED) is 0.646. The average Bonchev–Trinajstić information content (AvgIpc) is 2.71. The molecule has 1 aromatic rings. The fourth-order valence-electron chi connectivity index (χ4n) is 1.79. The minimum absolute atomic E-state index is 0.117. The summed E-state index contributed by atoms with van der Waals surface area (Å²) in [4.78, 5) is 34.6. The molecule has 1 rings (SSSR count). The van der Waals surface area contributed by atoms with Crippen LogP contribution in [0.5, 0.6) is 0 Å². The van der Waals surface area contributed by atoms with Crippen LogP contribution in [0.2, 0.25) is 0 Å². The molecule has 0 saturated carbocycles. The van der Waals surface area contributed by atoms with E-state index in [-0.39, 0.29) is 30.7 Å². The molecular weight excluding hydrogens is 342 g/mol. The highest BCUT2D eigenvalue weighted by atomic mass is 16.2. The molecule has 0 aliphatic rings. The zero-order valence-corrected chi connectivity index (χ0v) is 18.3. The van der Waals surface area contributed by atoms with Crippen molar-refractivity contribution >= 4 is 17.6 Å². The van der Waals surface area contributed by atoms with Crippen molar-refractivity contribution in [1.29, 1.82) is 0 Å². The van der Waals surface area contributed by atoms with Crippen molar-refractivity contribution in [3.8, 4) is 0 Å². The maximum Gasteiger partial charge on any atom is 0.239 e. The average molecular weight is 382 g/mol.